The second-order valence-corrected chi connectivity index (χ2v) is 5.08. The number of hydrogen-bond acceptors (Lipinski definition) is 4. The Morgan fingerprint density at radius 1 is 1.25 bits per heavy atom. The van der Waals surface area contributed by atoms with E-state index in [0.29, 0.717) is 5.57 Å². The first kappa shape index (κ1) is 12.4. The molecule has 3 nitrogen and oxygen atoms in total. The third-order valence-corrected chi connectivity index (χ3v) is 3.78. The molecule has 3 aromatic rings. The Morgan fingerprint density at radius 2 is 2.15 bits per heavy atom. The number of nitrogens with zero attached hydrogens (tertiary/aromatic N) is 2. The Labute approximate surface area is 120 Å². The molecule has 1 aromatic carbocycles. The van der Waals surface area contributed by atoms with Gasteiger partial charge in [-0.1, -0.05) is 18.2 Å². The number of furan rings is 1. The van der Waals surface area contributed by atoms with E-state index in [4.69, 9.17) is 4.42 Å². The molecule has 0 saturated carbocycles. The van der Waals surface area contributed by atoms with Crippen molar-refractivity contribution in [1.82, 2.24) is 4.98 Å². The van der Waals surface area contributed by atoms with E-state index in [2.05, 4.69) is 11.1 Å². The topological polar surface area (TPSA) is 49.8 Å². The number of allylic oxidation sites excluding steroid dienone is 3. The zero-order valence-electron chi connectivity index (χ0n) is 10.5. The Kier molecular flexibility index (Phi) is 3.44. The first-order chi connectivity index (χ1) is 9.86. The van der Waals surface area contributed by atoms with Gasteiger partial charge in [0.05, 0.1) is 22.1 Å². The van der Waals surface area contributed by atoms with E-state index in [-0.39, 0.29) is 0 Å². The summed E-state index contributed by atoms with van der Waals surface area (Å²) < 4.78 is 6.27. The van der Waals surface area contributed by atoms with Crippen LogP contribution in [0.25, 0.3) is 21.9 Å². The SMILES string of the molecule is N#C/C(=C\C=C\c1ccco1)c1nc2ccccc2s1. The highest BCUT2D eigenvalue weighted by Gasteiger charge is 2.06. The van der Waals surface area contributed by atoms with E-state index in [0.717, 1.165) is 21.0 Å². The monoisotopic (exact) mass is 278 g/mol. The summed E-state index contributed by atoms with van der Waals surface area (Å²) in [5.74, 6) is 0.753. The highest BCUT2D eigenvalue weighted by atomic mass is 32.1. The molecule has 0 saturated heterocycles. The minimum atomic E-state index is 0.550. The summed E-state index contributed by atoms with van der Waals surface area (Å²) in [5, 5.41) is 9.99. The van der Waals surface area contributed by atoms with E-state index < -0.39 is 0 Å². The maximum atomic E-state index is 9.25. The lowest BCUT2D eigenvalue weighted by molar-refractivity contribution is 0.557. The van der Waals surface area contributed by atoms with Crippen LogP contribution in [0.5, 0.6) is 0 Å². The molecule has 0 fully saturated rings. The number of para-hydroxylation sites is 1. The van der Waals surface area contributed by atoms with Crippen molar-refractivity contribution >= 4 is 33.2 Å². The quantitative estimate of drug-likeness (QED) is 0.523. The van der Waals surface area contributed by atoms with E-state index in [1.54, 1.807) is 18.4 Å². The van der Waals surface area contributed by atoms with Crippen LogP contribution in [0, 0.1) is 11.3 Å². The van der Waals surface area contributed by atoms with E-state index in [1.165, 1.54) is 11.3 Å². The number of nitriles is 1. The van der Waals surface area contributed by atoms with Gasteiger partial charge in [0.2, 0.25) is 0 Å². The summed E-state index contributed by atoms with van der Waals surface area (Å²) in [6, 6.07) is 13.7. The van der Waals surface area contributed by atoms with Crippen molar-refractivity contribution in [2.75, 3.05) is 0 Å². The predicted octanol–water partition coefficient (Wildman–Crippen LogP) is 4.51. The van der Waals surface area contributed by atoms with Crippen LogP contribution in [0.3, 0.4) is 0 Å². The molecule has 0 spiro atoms. The first-order valence-electron chi connectivity index (χ1n) is 6.05. The van der Waals surface area contributed by atoms with Gasteiger partial charge in [0.25, 0.3) is 0 Å². The largest absolute Gasteiger partial charge is 0.465 e. The van der Waals surface area contributed by atoms with Crippen molar-refractivity contribution in [1.29, 1.82) is 5.26 Å². The third kappa shape index (κ3) is 2.53. The Bertz CT molecular complexity index is 787. The zero-order valence-corrected chi connectivity index (χ0v) is 11.3. The number of rotatable bonds is 3. The molecular weight excluding hydrogens is 268 g/mol. The van der Waals surface area contributed by atoms with Gasteiger partial charge in [0, 0.05) is 0 Å². The summed E-state index contributed by atoms with van der Waals surface area (Å²) in [7, 11) is 0. The summed E-state index contributed by atoms with van der Waals surface area (Å²) >= 11 is 1.52. The van der Waals surface area contributed by atoms with Gasteiger partial charge in [-0.2, -0.15) is 5.26 Å². The molecule has 0 N–H and O–H groups in total. The van der Waals surface area contributed by atoms with Crippen molar-refractivity contribution in [3.8, 4) is 6.07 Å². The summed E-state index contributed by atoms with van der Waals surface area (Å²) in [6.07, 6.45) is 6.97. The first-order valence-corrected chi connectivity index (χ1v) is 6.86. The minimum Gasteiger partial charge on any atom is -0.465 e. The maximum absolute atomic E-state index is 9.25. The normalized spacial score (nSPS) is 12.1. The molecule has 20 heavy (non-hydrogen) atoms. The molecule has 4 heteroatoms. The van der Waals surface area contributed by atoms with Gasteiger partial charge in [-0.05, 0) is 36.4 Å². The van der Waals surface area contributed by atoms with E-state index in [9.17, 15) is 5.26 Å². The molecular formula is C16H10N2OS. The van der Waals surface area contributed by atoms with E-state index in [1.807, 2.05) is 42.5 Å². The number of thiazole rings is 1. The van der Waals surface area contributed by atoms with Crippen LogP contribution >= 0.6 is 11.3 Å². The lowest BCUT2D eigenvalue weighted by Gasteiger charge is -1.88. The molecule has 0 aliphatic heterocycles. The average molecular weight is 278 g/mol. The van der Waals surface area contributed by atoms with Crippen LogP contribution in [0.4, 0.5) is 0 Å². The highest BCUT2D eigenvalue weighted by molar-refractivity contribution is 7.19. The number of hydrogen-bond donors (Lipinski definition) is 0. The smallest absolute Gasteiger partial charge is 0.135 e. The van der Waals surface area contributed by atoms with Crippen molar-refractivity contribution < 1.29 is 4.42 Å². The second kappa shape index (κ2) is 5.55. The third-order valence-electron chi connectivity index (χ3n) is 2.71. The fourth-order valence-corrected chi connectivity index (χ4v) is 2.71. The molecule has 0 aliphatic carbocycles. The van der Waals surface area contributed by atoms with Gasteiger partial charge in [0.15, 0.2) is 0 Å². The molecule has 96 valence electrons. The van der Waals surface area contributed by atoms with Crippen LogP contribution in [-0.4, -0.2) is 4.98 Å². The summed E-state index contributed by atoms with van der Waals surface area (Å²) in [4.78, 5) is 4.47. The highest BCUT2D eigenvalue weighted by Crippen LogP contribution is 2.26. The molecule has 2 heterocycles. The Hall–Kier alpha value is -2.64. The molecule has 0 amide bonds. The molecule has 0 unspecified atom stereocenters. The van der Waals surface area contributed by atoms with Gasteiger partial charge < -0.3 is 4.42 Å². The Morgan fingerprint density at radius 3 is 2.90 bits per heavy atom. The lowest BCUT2D eigenvalue weighted by Crippen LogP contribution is -1.77. The van der Waals surface area contributed by atoms with Crippen LogP contribution < -0.4 is 0 Å². The Balaban J connectivity index is 1.91. The second-order valence-electron chi connectivity index (χ2n) is 4.05. The lowest BCUT2D eigenvalue weighted by atomic mass is 10.2. The minimum absolute atomic E-state index is 0.550. The fraction of sp³-hybridized carbons (Fsp3) is 0. The fourth-order valence-electron chi connectivity index (χ4n) is 1.77. The van der Waals surface area contributed by atoms with Crippen molar-refractivity contribution in [2.24, 2.45) is 0 Å². The van der Waals surface area contributed by atoms with Crippen molar-refractivity contribution in [2.45, 2.75) is 0 Å². The predicted molar refractivity (Wildman–Crippen MR) is 81.0 cm³/mol. The number of benzene rings is 1. The van der Waals surface area contributed by atoms with Crippen LogP contribution in [0.15, 0.2) is 59.2 Å². The van der Waals surface area contributed by atoms with Crippen molar-refractivity contribution in [3.63, 3.8) is 0 Å². The number of aromatic nitrogens is 1. The molecule has 0 aliphatic rings. The van der Waals surface area contributed by atoms with Crippen LogP contribution in [0.2, 0.25) is 0 Å². The van der Waals surface area contributed by atoms with Gasteiger partial charge in [-0.25, -0.2) is 4.98 Å². The summed E-state index contributed by atoms with van der Waals surface area (Å²) in [6.45, 7) is 0. The van der Waals surface area contributed by atoms with Crippen molar-refractivity contribution in [3.05, 3.63) is 65.6 Å². The van der Waals surface area contributed by atoms with Crippen LogP contribution in [0.1, 0.15) is 10.8 Å². The molecule has 2 aromatic heterocycles. The standard InChI is InChI=1S/C16H10N2OS/c17-11-12(5-3-6-13-7-4-10-19-13)16-18-14-8-1-2-9-15(14)20-16/h1-10H/b6-3+,12-5+. The molecule has 0 bridgehead atoms. The van der Waals surface area contributed by atoms with Gasteiger partial charge >= 0.3 is 0 Å². The molecule has 0 radical (unpaired) electrons. The van der Waals surface area contributed by atoms with E-state index >= 15 is 0 Å². The van der Waals surface area contributed by atoms with Gasteiger partial charge in [-0.15, -0.1) is 11.3 Å². The maximum Gasteiger partial charge on any atom is 0.135 e. The average Bonchev–Trinajstić information content (AvgIpc) is 3.12. The number of fused-ring (bicyclic) bond motifs is 1. The summed E-state index contributed by atoms with van der Waals surface area (Å²) in [5.41, 5.74) is 1.47. The molecule has 3 rings (SSSR count). The van der Waals surface area contributed by atoms with Crippen LogP contribution in [-0.2, 0) is 0 Å². The molecule has 0 atom stereocenters. The van der Waals surface area contributed by atoms with Gasteiger partial charge in [0.1, 0.15) is 16.8 Å². The zero-order chi connectivity index (χ0) is 13.8. The van der Waals surface area contributed by atoms with Gasteiger partial charge in [-0.3, -0.25) is 0 Å².